The Morgan fingerprint density at radius 2 is 1.77 bits per heavy atom. The summed E-state index contributed by atoms with van der Waals surface area (Å²) in [7, 11) is 1.62. The molecule has 2 amide bonds. The number of ether oxygens (including phenoxy) is 1. The van der Waals surface area contributed by atoms with E-state index >= 15 is 0 Å². The summed E-state index contributed by atoms with van der Waals surface area (Å²) in [5, 5.41) is 5.77. The number of methoxy groups -OCH3 is 1. The normalized spacial score (nSPS) is 10.4. The Balaban J connectivity index is 1.99. The molecule has 0 aliphatic rings. The van der Waals surface area contributed by atoms with E-state index in [1.165, 1.54) is 0 Å². The maximum atomic E-state index is 12.1. The Labute approximate surface area is 131 Å². The highest BCUT2D eigenvalue weighted by Gasteiger charge is 2.09. The van der Waals surface area contributed by atoms with E-state index in [-0.39, 0.29) is 6.03 Å². The number of benzene rings is 2. The predicted molar refractivity (Wildman–Crippen MR) is 89.4 cm³/mol. The molecule has 0 saturated carbocycles. The van der Waals surface area contributed by atoms with E-state index in [9.17, 15) is 4.79 Å². The fourth-order valence-corrected chi connectivity index (χ4v) is 2.31. The van der Waals surface area contributed by atoms with Crippen LogP contribution in [0.5, 0.6) is 5.75 Å². The summed E-state index contributed by atoms with van der Waals surface area (Å²) in [5.41, 5.74) is 2.90. The molecule has 22 heavy (non-hydrogen) atoms. The molecule has 0 aromatic heterocycles. The van der Waals surface area contributed by atoms with Crippen molar-refractivity contribution in [3.63, 3.8) is 0 Å². The number of hydrogen-bond donors (Lipinski definition) is 2. The van der Waals surface area contributed by atoms with E-state index in [0.29, 0.717) is 12.5 Å². The molecule has 0 spiro atoms. The summed E-state index contributed by atoms with van der Waals surface area (Å²) in [6.07, 6.45) is 0. The molecule has 0 aliphatic carbocycles. The Morgan fingerprint density at radius 3 is 2.50 bits per heavy atom. The molecular weight excluding hydrogens is 276 g/mol. The SMILES string of the molecule is COc1ccccc1CNC(=O)Nc1ccccc1C(C)C. The van der Waals surface area contributed by atoms with E-state index in [1.807, 2.05) is 48.5 Å². The molecule has 4 heteroatoms. The standard InChI is InChI=1S/C18H22N2O2/c1-13(2)15-9-5-6-10-16(15)20-18(21)19-12-14-8-4-7-11-17(14)22-3/h4-11,13H,12H2,1-3H3,(H2,19,20,21). The molecule has 0 heterocycles. The van der Waals surface area contributed by atoms with Crippen molar-refractivity contribution in [2.24, 2.45) is 0 Å². The van der Waals surface area contributed by atoms with Gasteiger partial charge in [-0.15, -0.1) is 0 Å². The van der Waals surface area contributed by atoms with E-state index in [2.05, 4.69) is 24.5 Å². The lowest BCUT2D eigenvalue weighted by molar-refractivity contribution is 0.251. The van der Waals surface area contributed by atoms with E-state index in [1.54, 1.807) is 7.11 Å². The molecule has 0 aliphatic heterocycles. The van der Waals surface area contributed by atoms with Crippen molar-refractivity contribution in [2.75, 3.05) is 12.4 Å². The molecule has 2 aromatic carbocycles. The molecule has 0 fully saturated rings. The Morgan fingerprint density at radius 1 is 1.09 bits per heavy atom. The minimum absolute atomic E-state index is 0.223. The molecule has 0 atom stereocenters. The Hall–Kier alpha value is -2.49. The van der Waals surface area contributed by atoms with Crippen LogP contribution in [0.15, 0.2) is 48.5 Å². The predicted octanol–water partition coefficient (Wildman–Crippen LogP) is 4.14. The van der Waals surface area contributed by atoms with Crippen LogP contribution in [0.1, 0.15) is 30.9 Å². The number of carbonyl (C=O) groups excluding carboxylic acids is 1. The topological polar surface area (TPSA) is 50.4 Å². The number of amides is 2. The summed E-state index contributed by atoms with van der Waals surface area (Å²) in [6, 6.07) is 15.3. The third-order valence-electron chi connectivity index (χ3n) is 3.46. The van der Waals surface area contributed by atoms with Crippen molar-refractivity contribution >= 4 is 11.7 Å². The highest BCUT2D eigenvalue weighted by atomic mass is 16.5. The van der Waals surface area contributed by atoms with Crippen LogP contribution in [0.4, 0.5) is 10.5 Å². The highest BCUT2D eigenvalue weighted by Crippen LogP contribution is 2.23. The molecule has 0 saturated heterocycles. The van der Waals surface area contributed by atoms with Gasteiger partial charge in [-0.05, 0) is 23.6 Å². The van der Waals surface area contributed by atoms with Crippen LogP contribution in [-0.2, 0) is 6.54 Å². The van der Waals surface area contributed by atoms with Crippen molar-refractivity contribution in [1.82, 2.24) is 5.32 Å². The van der Waals surface area contributed by atoms with Gasteiger partial charge in [-0.3, -0.25) is 0 Å². The van der Waals surface area contributed by atoms with Gasteiger partial charge in [-0.2, -0.15) is 0 Å². The first-order valence-electron chi connectivity index (χ1n) is 7.37. The quantitative estimate of drug-likeness (QED) is 0.871. The number of carbonyl (C=O) groups is 1. The summed E-state index contributed by atoms with van der Waals surface area (Å²) in [6.45, 7) is 4.63. The number of para-hydroxylation sites is 2. The maximum Gasteiger partial charge on any atom is 0.319 e. The zero-order chi connectivity index (χ0) is 15.9. The van der Waals surface area contributed by atoms with E-state index < -0.39 is 0 Å². The lowest BCUT2D eigenvalue weighted by atomic mass is 10.0. The lowest BCUT2D eigenvalue weighted by Crippen LogP contribution is -2.28. The highest BCUT2D eigenvalue weighted by molar-refractivity contribution is 5.90. The average Bonchev–Trinajstić information content (AvgIpc) is 2.53. The molecule has 0 bridgehead atoms. The van der Waals surface area contributed by atoms with Gasteiger partial charge in [-0.25, -0.2) is 4.79 Å². The van der Waals surface area contributed by atoms with Gasteiger partial charge in [0.1, 0.15) is 5.75 Å². The Bertz CT molecular complexity index is 638. The van der Waals surface area contributed by atoms with Crippen LogP contribution in [-0.4, -0.2) is 13.1 Å². The summed E-state index contributed by atoms with van der Waals surface area (Å²) in [5.74, 6) is 1.12. The largest absolute Gasteiger partial charge is 0.496 e. The monoisotopic (exact) mass is 298 g/mol. The first kappa shape index (κ1) is 15.9. The number of nitrogens with one attached hydrogen (secondary N) is 2. The second-order valence-electron chi connectivity index (χ2n) is 5.36. The average molecular weight is 298 g/mol. The van der Waals surface area contributed by atoms with Gasteiger partial charge in [-0.1, -0.05) is 50.2 Å². The fourth-order valence-electron chi connectivity index (χ4n) is 2.31. The fraction of sp³-hybridized carbons (Fsp3) is 0.278. The molecule has 4 nitrogen and oxygen atoms in total. The van der Waals surface area contributed by atoms with Crippen LogP contribution in [0.25, 0.3) is 0 Å². The smallest absolute Gasteiger partial charge is 0.319 e. The van der Waals surface area contributed by atoms with Crippen molar-refractivity contribution in [3.05, 3.63) is 59.7 Å². The van der Waals surface area contributed by atoms with Gasteiger partial charge in [0.05, 0.1) is 7.11 Å². The van der Waals surface area contributed by atoms with Crippen molar-refractivity contribution < 1.29 is 9.53 Å². The minimum atomic E-state index is -0.223. The van der Waals surface area contributed by atoms with Crippen molar-refractivity contribution in [1.29, 1.82) is 0 Å². The van der Waals surface area contributed by atoms with Crippen LogP contribution < -0.4 is 15.4 Å². The van der Waals surface area contributed by atoms with Crippen LogP contribution in [0.3, 0.4) is 0 Å². The van der Waals surface area contributed by atoms with Crippen LogP contribution >= 0.6 is 0 Å². The maximum absolute atomic E-state index is 12.1. The number of anilines is 1. The number of rotatable bonds is 5. The minimum Gasteiger partial charge on any atom is -0.496 e. The van der Waals surface area contributed by atoms with Gasteiger partial charge in [0.15, 0.2) is 0 Å². The first-order valence-corrected chi connectivity index (χ1v) is 7.37. The summed E-state index contributed by atoms with van der Waals surface area (Å²) >= 11 is 0. The first-order chi connectivity index (χ1) is 10.6. The second kappa shape index (κ2) is 7.50. The number of hydrogen-bond acceptors (Lipinski definition) is 2. The summed E-state index contributed by atoms with van der Waals surface area (Å²) < 4.78 is 5.27. The molecular formula is C18H22N2O2. The molecule has 0 radical (unpaired) electrons. The van der Waals surface area contributed by atoms with E-state index in [0.717, 1.165) is 22.6 Å². The number of urea groups is 1. The van der Waals surface area contributed by atoms with Gasteiger partial charge in [0.2, 0.25) is 0 Å². The third kappa shape index (κ3) is 4.01. The molecule has 116 valence electrons. The third-order valence-corrected chi connectivity index (χ3v) is 3.46. The van der Waals surface area contributed by atoms with Crippen molar-refractivity contribution in [3.8, 4) is 5.75 Å². The molecule has 2 aromatic rings. The molecule has 0 unspecified atom stereocenters. The Kier molecular flexibility index (Phi) is 5.42. The zero-order valence-electron chi connectivity index (χ0n) is 13.2. The zero-order valence-corrected chi connectivity index (χ0v) is 13.2. The van der Waals surface area contributed by atoms with Crippen LogP contribution in [0, 0.1) is 0 Å². The van der Waals surface area contributed by atoms with Gasteiger partial charge in [0, 0.05) is 17.8 Å². The van der Waals surface area contributed by atoms with Gasteiger partial charge in [0.25, 0.3) is 0 Å². The molecule has 2 rings (SSSR count). The van der Waals surface area contributed by atoms with Crippen molar-refractivity contribution in [2.45, 2.75) is 26.3 Å². The summed E-state index contributed by atoms with van der Waals surface area (Å²) in [4.78, 5) is 12.1. The molecule has 2 N–H and O–H groups in total. The van der Waals surface area contributed by atoms with E-state index in [4.69, 9.17) is 4.74 Å². The van der Waals surface area contributed by atoms with Gasteiger partial charge < -0.3 is 15.4 Å². The van der Waals surface area contributed by atoms with Gasteiger partial charge >= 0.3 is 6.03 Å². The lowest BCUT2D eigenvalue weighted by Gasteiger charge is -2.14. The van der Waals surface area contributed by atoms with Crippen LogP contribution in [0.2, 0.25) is 0 Å². The second-order valence-corrected chi connectivity index (χ2v) is 5.36.